The van der Waals surface area contributed by atoms with Crippen molar-refractivity contribution in [2.75, 3.05) is 20.2 Å². The van der Waals surface area contributed by atoms with Gasteiger partial charge in [-0.1, -0.05) is 12.1 Å². The third-order valence-electron chi connectivity index (χ3n) is 3.41. The number of para-hydroxylation sites is 1. The lowest BCUT2D eigenvalue weighted by Crippen LogP contribution is -2.46. The number of thiophene rings is 1. The zero-order valence-electron chi connectivity index (χ0n) is 13.8. The number of hydrogen-bond donors (Lipinski definition) is 1. The topological polar surface area (TPSA) is 58.6 Å². The lowest BCUT2D eigenvalue weighted by atomic mass is 10.2. The molecular weight excluding hydrogens is 411 g/mol. The minimum absolute atomic E-state index is 0.146. The quantitative estimate of drug-likeness (QED) is 0.735. The molecule has 1 aromatic heterocycles. The van der Waals surface area contributed by atoms with E-state index in [0.717, 1.165) is 3.79 Å². The number of carbonyl (C=O) groups excluding carboxylic acids is 2. The van der Waals surface area contributed by atoms with Crippen molar-refractivity contribution in [3.05, 3.63) is 50.9 Å². The van der Waals surface area contributed by atoms with Gasteiger partial charge >= 0.3 is 0 Å². The second-order valence-electron chi connectivity index (χ2n) is 5.34. The first-order valence-corrected chi connectivity index (χ1v) is 9.18. The van der Waals surface area contributed by atoms with E-state index in [4.69, 9.17) is 4.74 Å². The molecule has 134 valence electrons. The summed E-state index contributed by atoms with van der Waals surface area (Å²) in [5.74, 6) is -0.846. The van der Waals surface area contributed by atoms with Crippen molar-refractivity contribution in [2.24, 2.45) is 0 Å². The van der Waals surface area contributed by atoms with E-state index in [1.807, 2.05) is 0 Å². The van der Waals surface area contributed by atoms with Crippen LogP contribution >= 0.6 is 27.3 Å². The molecule has 1 aromatic carbocycles. The van der Waals surface area contributed by atoms with Gasteiger partial charge in [0.2, 0.25) is 5.91 Å². The van der Waals surface area contributed by atoms with Gasteiger partial charge in [-0.3, -0.25) is 9.59 Å². The number of nitrogens with one attached hydrogen (secondary N) is 1. The first-order valence-electron chi connectivity index (χ1n) is 7.57. The Kier molecular flexibility index (Phi) is 6.95. The molecule has 0 radical (unpaired) electrons. The lowest BCUT2D eigenvalue weighted by Gasteiger charge is -2.22. The number of carbonyl (C=O) groups is 2. The van der Waals surface area contributed by atoms with Gasteiger partial charge in [-0.25, -0.2) is 4.39 Å². The second kappa shape index (κ2) is 8.96. The van der Waals surface area contributed by atoms with E-state index in [2.05, 4.69) is 21.2 Å². The van der Waals surface area contributed by atoms with Crippen LogP contribution in [0.15, 0.2) is 40.2 Å². The summed E-state index contributed by atoms with van der Waals surface area (Å²) in [6.45, 7) is 2.05. The summed E-state index contributed by atoms with van der Waals surface area (Å²) in [4.78, 5) is 26.3. The van der Waals surface area contributed by atoms with Crippen molar-refractivity contribution < 1.29 is 18.7 Å². The van der Waals surface area contributed by atoms with E-state index >= 15 is 0 Å². The molecule has 2 aromatic rings. The maximum atomic E-state index is 13.5. The van der Waals surface area contributed by atoms with Gasteiger partial charge in [-0.05, 0) is 47.1 Å². The smallest absolute Gasteiger partial charge is 0.262 e. The van der Waals surface area contributed by atoms with Crippen molar-refractivity contribution in [1.29, 1.82) is 0 Å². The van der Waals surface area contributed by atoms with E-state index in [9.17, 15) is 14.0 Å². The zero-order valence-corrected chi connectivity index (χ0v) is 16.2. The molecule has 1 N–H and O–H groups in total. The summed E-state index contributed by atoms with van der Waals surface area (Å²) in [5.41, 5.74) is 0. The molecule has 0 aliphatic heterocycles. The fraction of sp³-hybridized carbons (Fsp3) is 0.294. The highest BCUT2D eigenvalue weighted by molar-refractivity contribution is 9.11. The number of amides is 2. The zero-order chi connectivity index (χ0) is 18.4. The van der Waals surface area contributed by atoms with Crippen LogP contribution in [-0.2, 0) is 4.79 Å². The Morgan fingerprint density at radius 2 is 2.04 bits per heavy atom. The minimum atomic E-state index is -0.674. The molecule has 1 atom stereocenters. The van der Waals surface area contributed by atoms with E-state index < -0.39 is 11.9 Å². The average molecular weight is 429 g/mol. The van der Waals surface area contributed by atoms with Crippen LogP contribution in [0, 0.1) is 5.82 Å². The van der Waals surface area contributed by atoms with Crippen LogP contribution in [-0.4, -0.2) is 43.0 Å². The standard InChI is InChI=1S/C17H18BrFN2O3S/c1-11(20-16(22)14-7-8-15(18)25-14)17(23)21(2)9-10-24-13-6-4-3-5-12(13)19/h3-8,11H,9-10H2,1-2H3,(H,20,22). The highest BCUT2D eigenvalue weighted by Gasteiger charge is 2.20. The summed E-state index contributed by atoms with van der Waals surface area (Å²) in [6.07, 6.45) is 0. The molecule has 8 heteroatoms. The largest absolute Gasteiger partial charge is 0.489 e. The van der Waals surface area contributed by atoms with E-state index in [1.54, 1.807) is 38.2 Å². The van der Waals surface area contributed by atoms with Crippen LogP contribution < -0.4 is 10.1 Å². The number of rotatable bonds is 7. The van der Waals surface area contributed by atoms with Crippen molar-refractivity contribution in [3.63, 3.8) is 0 Å². The van der Waals surface area contributed by atoms with Gasteiger partial charge in [-0.15, -0.1) is 11.3 Å². The summed E-state index contributed by atoms with van der Waals surface area (Å²) < 4.78 is 19.6. The fourth-order valence-corrected chi connectivity index (χ4v) is 3.35. The normalized spacial score (nSPS) is 11.7. The van der Waals surface area contributed by atoms with Gasteiger partial charge in [0.1, 0.15) is 12.6 Å². The first-order chi connectivity index (χ1) is 11.9. The maximum Gasteiger partial charge on any atom is 0.262 e. The number of halogens is 2. The van der Waals surface area contributed by atoms with Crippen molar-refractivity contribution in [1.82, 2.24) is 10.2 Å². The third-order valence-corrected chi connectivity index (χ3v) is 5.03. The molecule has 0 aliphatic carbocycles. The van der Waals surface area contributed by atoms with Crippen LogP contribution in [0.4, 0.5) is 4.39 Å². The SMILES string of the molecule is CC(NC(=O)c1ccc(Br)s1)C(=O)N(C)CCOc1ccccc1F. The number of nitrogens with zero attached hydrogens (tertiary/aromatic N) is 1. The molecule has 0 saturated heterocycles. The predicted octanol–water partition coefficient (Wildman–Crippen LogP) is 3.31. The summed E-state index contributed by atoms with van der Waals surface area (Å²) >= 11 is 4.59. The molecule has 2 rings (SSSR count). The van der Waals surface area contributed by atoms with E-state index in [0.29, 0.717) is 4.88 Å². The highest BCUT2D eigenvalue weighted by atomic mass is 79.9. The van der Waals surface area contributed by atoms with Crippen LogP contribution in [0.5, 0.6) is 5.75 Å². The van der Waals surface area contributed by atoms with Gasteiger partial charge < -0.3 is 15.0 Å². The van der Waals surface area contributed by atoms with Crippen molar-refractivity contribution >= 4 is 39.1 Å². The Morgan fingerprint density at radius 3 is 2.68 bits per heavy atom. The van der Waals surface area contributed by atoms with Gasteiger partial charge in [0.15, 0.2) is 11.6 Å². The molecule has 1 unspecified atom stereocenters. The monoisotopic (exact) mass is 428 g/mol. The van der Waals surface area contributed by atoms with Crippen molar-refractivity contribution in [3.8, 4) is 5.75 Å². The lowest BCUT2D eigenvalue weighted by molar-refractivity contribution is -0.131. The van der Waals surface area contributed by atoms with Gasteiger partial charge in [0, 0.05) is 7.05 Å². The Morgan fingerprint density at radius 1 is 1.32 bits per heavy atom. The third kappa shape index (κ3) is 5.54. The molecule has 2 amide bonds. The number of benzene rings is 1. The molecule has 0 aliphatic rings. The molecular formula is C17H18BrFN2O3S. The van der Waals surface area contributed by atoms with Gasteiger partial charge in [-0.2, -0.15) is 0 Å². The first kappa shape index (κ1) is 19.4. The molecule has 25 heavy (non-hydrogen) atoms. The number of ether oxygens (including phenoxy) is 1. The predicted molar refractivity (Wildman–Crippen MR) is 98.5 cm³/mol. The molecule has 5 nitrogen and oxygen atoms in total. The maximum absolute atomic E-state index is 13.5. The van der Waals surface area contributed by atoms with Crippen LogP contribution in [0.1, 0.15) is 16.6 Å². The highest BCUT2D eigenvalue weighted by Crippen LogP contribution is 2.22. The fourth-order valence-electron chi connectivity index (χ4n) is 2.06. The number of likely N-dealkylation sites (N-methyl/N-ethyl adjacent to an activating group) is 1. The average Bonchev–Trinajstić information content (AvgIpc) is 3.02. The Bertz CT molecular complexity index is 753. The van der Waals surface area contributed by atoms with Gasteiger partial charge in [0.05, 0.1) is 15.2 Å². The van der Waals surface area contributed by atoms with Crippen LogP contribution in [0.2, 0.25) is 0 Å². The summed E-state index contributed by atoms with van der Waals surface area (Å²) in [5, 5.41) is 2.67. The molecule has 1 heterocycles. The molecule has 0 fully saturated rings. The van der Waals surface area contributed by atoms with Crippen molar-refractivity contribution in [2.45, 2.75) is 13.0 Å². The minimum Gasteiger partial charge on any atom is -0.489 e. The summed E-state index contributed by atoms with van der Waals surface area (Å²) in [6, 6.07) is 8.88. The van der Waals surface area contributed by atoms with Crippen LogP contribution in [0.3, 0.4) is 0 Å². The Labute approximate surface area is 157 Å². The Hall–Kier alpha value is -1.93. The number of hydrogen-bond acceptors (Lipinski definition) is 4. The van der Waals surface area contributed by atoms with Gasteiger partial charge in [0.25, 0.3) is 5.91 Å². The molecule has 0 saturated carbocycles. The second-order valence-corrected chi connectivity index (χ2v) is 7.80. The Balaban J connectivity index is 1.80. The van der Waals surface area contributed by atoms with E-state index in [1.165, 1.54) is 28.4 Å². The molecule has 0 bridgehead atoms. The van der Waals surface area contributed by atoms with E-state index in [-0.39, 0.29) is 30.7 Å². The summed E-state index contributed by atoms with van der Waals surface area (Å²) in [7, 11) is 1.61. The molecule has 0 spiro atoms. The van der Waals surface area contributed by atoms with Crippen LogP contribution in [0.25, 0.3) is 0 Å².